The number of nitrogens with one attached hydrogen (secondary N) is 1. The van der Waals surface area contributed by atoms with E-state index < -0.39 is 6.04 Å². The van der Waals surface area contributed by atoms with Gasteiger partial charge in [-0.1, -0.05) is 18.2 Å². The molecule has 126 valence electrons. The average Bonchev–Trinajstić information content (AvgIpc) is 2.58. The molecule has 0 bridgehead atoms. The minimum Gasteiger partial charge on any atom is -0.375 e. The van der Waals surface area contributed by atoms with E-state index >= 15 is 0 Å². The lowest BCUT2D eigenvalue weighted by Crippen LogP contribution is -2.53. The zero-order valence-electron chi connectivity index (χ0n) is 13.7. The number of morpholine rings is 1. The number of carbonyl (C=O) groups excluding carboxylic acids is 2. The van der Waals surface area contributed by atoms with Gasteiger partial charge in [-0.05, 0) is 37.5 Å². The van der Waals surface area contributed by atoms with E-state index in [9.17, 15) is 9.59 Å². The first-order valence-corrected chi connectivity index (χ1v) is 9.26. The highest BCUT2D eigenvalue weighted by atomic mass is 32.2. The van der Waals surface area contributed by atoms with Crippen molar-refractivity contribution in [3.05, 3.63) is 35.9 Å². The molecular weight excluding hydrogens is 312 g/mol. The summed E-state index contributed by atoms with van der Waals surface area (Å²) in [5, 5.41) is 2.90. The molecule has 1 aliphatic heterocycles. The van der Waals surface area contributed by atoms with Crippen LogP contribution in [0.3, 0.4) is 0 Å². The summed E-state index contributed by atoms with van der Waals surface area (Å²) >= 11 is 1.67. The molecule has 1 N–H and O–H groups in total. The van der Waals surface area contributed by atoms with Gasteiger partial charge in [0.05, 0.1) is 12.7 Å². The smallest absolute Gasteiger partial charge is 0.251 e. The molecular formula is C17H24N2O3S. The van der Waals surface area contributed by atoms with Crippen LogP contribution in [-0.2, 0) is 9.53 Å². The van der Waals surface area contributed by atoms with E-state index in [2.05, 4.69) is 5.32 Å². The molecule has 0 aliphatic carbocycles. The fourth-order valence-electron chi connectivity index (χ4n) is 2.56. The summed E-state index contributed by atoms with van der Waals surface area (Å²) in [4.78, 5) is 26.9. The molecule has 1 saturated heterocycles. The van der Waals surface area contributed by atoms with E-state index in [0.29, 0.717) is 31.7 Å². The number of rotatable bonds is 6. The van der Waals surface area contributed by atoms with Gasteiger partial charge in [0.2, 0.25) is 5.91 Å². The maximum Gasteiger partial charge on any atom is 0.251 e. The maximum absolute atomic E-state index is 12.8. The van der Waals surface area contributed by atoms with Gasteiger partial charge in [-0.3, -0.25) is 9.59 Å². The van der Waals surface area contributed by atoms with Gasteiger partial charge in [-0.25, -0.2) is 0 Å². The third-order valence-electron chi connectivity index (χ3n) is 3.80. The largest absolute Gasteiger partial charge is 0.375 e. The van der Waals surface area contributed by atoms with Crippen molar-refractivity contribution in [3.63, 3.8) is 0 Å². The number of ether oxygens (including phenoxy) is 1. The zero-order chi connectivity index (χ0) is 16.7. The monoisotopic (exact) mass is 336 g/mol. The van der Waals surface area contributed by atoms with Gasteiger partial charge in [-0.2, -0.15) is 11.8 Å². The van der Waals surface area contributed by atoms with E-state index in [1.54, 1.807) is 28.8 Å². The van der Waals surface area contributed by atoms with Gasteiger partial charge in [0.25, 0.3) is 5.91 Å². The zero-order valence-corrected chi connectivity index (χ0v) is 14.5. The predicted molar refractivity (Wildman–Crippen MR) is 92.7 cm³/mol. The van der Waals surface area contributed by atoms with E-state index in [1.807, 2.05) is 31.4 Å². The van der Waals surface area contributed by atoms with Crippen LogP contribution < -0.4 is 5.32 Å². The molecule has 2 amide bonds. The lowest BCUT2D eigenvalue weighted by Gasteiger charge is -2.34. The van der Waals surface area contributed by atoms with Crippen LogP contribution in [0.5, 0.6) is 0 Å². The number of amides is 2. The van der Waals surface area contributed by atoms with Gasteiger partial charge in [-0.15, -0.1) is 0 Å². The Labute approximate surface area is 141 Å². The standard InChI is InChI=1S/C17H24N2O3S/c1-13-12-19(9-10-22-13)17(21)15(8-11-23-2)18-16(20)14-6-4-3-5-7-14/h3-7,13,15H,8-12H2,1-2H3,(H,18,20). The molecule has 1 fully saturated rings. The molecule has 1 aromatic rings. The van der Waals surface area contributed by atoms with Gasteiger partial charge >= 0.3 is 0 Å². The normalized spacial score (nSPS) is 19.2. The number of carbonyl (C=O) groups is 2. The molecule has 23 heavy (non-hydrogen) atoms. The topological polar surface area (TPSA) is 58.6 Å². The molecule has 0 aromatic heterocycles. The molecule has 2 rings (SSSR count). The first kappa shape index (κ1) is 17.8. The lowest BCUT2D eigenvalue weighted by molar-refractivity contribution is -0.140. The number of hydrogen-bond acceptors (Lipinski definition) is 4. The van der Waals surface area contributed by atoms with Crippen molar-refractivity contribution in [2.24, 2.45) is 0 Å². The molecule has 6 heteroatoms. The molecule has 1 aliphatic rings. The van der Waals surface area contributed by atoms with Crippen molar-refractivity contribution in [1.82, 2.24) is 10.2 Å². The molecule has 0 saturated carbocycles. The summed E-state index contributed by atoms with van der Waals surface area (Å²) in [7, 11) is 0. The van der Waals surface area contributed by atoms with E-state index in [0.717, 1.165) is 5.75 Å². The molecule has 0 radical (unpaired) electrons. The highest BCUT2D eigenvalue weighted by Gasteiger charge is 2.29. The van der Waals surface area contributed by atoms with E-state index in [1.165, 1.54) is 0 Å². The summed E-state index contributed by atoms with van der Waals surface area (Å²) < 4.78 is 5.48. The number of nitrogens with zero attached hydrogens (tertiary/aromatic N) is 1. The Kier molecular flexibility index (Phi) is 6.92. The van der Waals surface area contributed by atoms with Crippen LogP contribution in [0.15, 0.2) is 30.3 Å². The minimum atomic E-state index is -0.486. The summed E-state index contributed by atoms with van der Waals surface area (Å²) in [5.41, 5.74) is 0.574. The van der Waals surface area contributed by atoms with Gasteiger partial charge in [0.15, 0.2) is 0 Å². The summed E-state index contributed by atoms with van der Waals surface area (Å²) in [6.45, 7) is 3.67. The molecule has 1 heterocycles. The fraction of sp³-hybridized carbons (Fsp3) is 0.529. The third kappa shape index (κ3) is 5.25. The van der Waals surface area contributed by atoms with Crippen molar-refractivity contribution < 1.29 is 14.3 Å². The van der Waals surface area contributed by atoms with Crippen LogP contribution in [0.4, 0.5) is 0 Å². The first-order valence-electron chi connectivity index (χ1n) is 7.87. The molecule has 2 atom stereocenters. The van der Waals surface area contributed by atoms with Crippen LogP contribution in [0, 0.1) is 0 Å². The van der Waals surface area contributed by atoms with Crippen LogP contribution in [0.25, 0.3) is 0 Å². The predicted octanol–water partition coefficient (Wildman–Crippen LogP) is 1.79. The van der Waals surface area contributed by atoms with Crippen molar-refractivity contribution >= 4 is 23.6 Å². The van der Waals surface area contributed by atoms with Crippen LogP contribution in [-0.4, -0.2) is 60.6 Å². The third-order valence-corrected chi connectivity index (χ3v) is 4.45. The molecule has 5 nitrogen and oxygen atoms in total. The van der Waals surface area contributed by atoms with Crippen LogP contribution in [0.2, 0.25) is 0 Å². The second-order valence-corrected chi connectivity index (χ2v) is 6.62. The van der Waals surface area contributed by atoms with Gasteiger partial charge < -0.3 is 15.0 Å². The second-order valence-electron chi connectivity index (χ2n) is 5.64. The summed E-state index contributed by atoms with van der Waals surface area (Å²) in [6.07, 6.45) is 2.67. The maximum atomic E-state index is 12.8. The van der Waals surface area contributed by atoms with Crippen molar-refractivity contribution in [2.45, 2.75) is 25.5 Å². The number of benzene rings is 1. The van der Waals surface area contributed by atoms with Gasteiger partial charge in [0.1, 0.15) is 6.04 Å². The summed E-state index contributed by atoms with van der Waals surface area (Å²) in [6, 6.07) is 8.52. The quantitative estimate of drug-likeness (QED) is 0.860. The van der Waals surface area contributed by atoms with E-state index in [4.69, 9.17) is 4.74 Å². The number of thioether (sulfide) groups is 1. The second kappa shape index (κ2) is 8.93. The number of hydrogen-bond donors (Lipinski definition) is 1. The minimum absolute atomic E-state index is 0.0153. The van der Waals surface area contributed by atoms with Crippen LogP contribution in [0.1, 0.15) is 23.7 Å². The Morgan fingerprint density at radius 2 is 2.13 bits per heavy atom. The fourth-order valence-corrected chi connectivity index (χ4v) is 3.03. The average molecular weight is 336 g/mol. The molecule has 2 unspecified atom stereocenters. The Bertz CT molecular complexity index is 524. The SMILES string of the molecule is CSCCC(NC(=O)c1ccccc1)C(=O)N1CCOC(C)C1. The van der Waals surface area contributed by atoms with Crippen molar-refractivity contribution in [3.8, 4) is 0 Å². The summed E-state index contributed by atoms with van der Waals surface area (Å²) in [5.74, 6) is 0.607. The van der Waals surface area contributed by atoms with Crippen molar-refractivity contribution in [1.29, 1.82) is 0 Å². The van der Waals surface area contributed by atoms with Gasteiger partial charge in [0, 0.05) is 18.7 Å². The van der Waals surface area contributed by atoms with Crippen molar-refractivity contribution in [2.75, 3.05) is 31.7 Å². The Balaban J connectivity index is 2.03. The highest BCUT2D eigenvalue weighted by molar-refractivity contribution is 7.98. The highest BCUT2D eigenvalue weighted by Crippen LogP contribution is 2.11. The molecule has 0 spiro atoms. The lowest BCUT2D eigenvalue weighted by atomic mass is 10.1. The Morgan fingerprint density at radius 1 is 1.39 bits per heavy atom. The first-order chi connectivity index (χ1) is 11.1. The Hall–Kier alpha value is -1.53. The van der Waals surface area contributed by atoms with Crippen LogP contribution >= 0.6 is 11.8 Å². The van der Waals surface area contributed by atoms with E-state index in [-0.39, 0.29) is 17.9 Å². The molecule has 1 aromatic carbocycles. The Morgan fingerprint density at radius 3 is 2.78 bits per heavy atom.